The van der Waals surface area contributed by atoms with Crippen molar-refractivity contribution in [2.45, 2.75) is 13.8 Å². The molecule has 0 saturated carbocycles. The maximum absolute atomic E-state index is 12.7. The van der Waals surface area contributed by atoms with Crippen molar-refractivity contribution in [2.24, 2.45) is 0 Å². The summed E-state index contributed by atoms with van der Waals surface area (Å²) in [7, 11) is 0. The van der Waals surface area contributed by atoms with E-state index in [1.54, 1.807) is 6.92 Å². The van der Waals surface area contributed by atoms with Crippen LogP contribution in [0.2, 0.25) is 0 Å². The van der Waals surface area contributed by atoms with E-state index in [4.69, 9.17) is 0 Å². The third-order valence-electron chi connectivity index (χ3n) is 1.93. The van der Waals surface area contributed by atoms with E-state index in [-0.39, 0.29) is 24.1 Å². The summed E-state index contributed by atoms with van der Waals surface area (Å²) in [6.07, 6.45) is 0. The molecule has 0 spiro atoms. The van der Waals surface area contributed by atoms with Gasteiger partial charge in [0.1, 0.15) is 11.6 Å². The van der Waals surface area contributed by atoms with Gasteiger partial charge in [0, 0.05) is 5.56 Å². The molecule has 3 nitrogen and oxygen atoms in total. The van der Waals surface area contributed by atoms with Crippen LogP contribution in [0.4, 0.5) is 4.39 Å². The average Bonchev–Trinajstić information content (AvgIpc) is 2.14. The molecule has 1 amide bonds. The molecule has 0 heterocycles. The van der Waals surface area contributed by atoms with Gasteiger partial charge in [-0.2, -0.15) is 0 Å². The molecule has 1 aromatic carbocycles. The summed E-state index contributed by atoms with van der Waals surface area (Å²) in [6.45, 7) is 3.03. The number of halogens is 1. The van der Waals surface area contributed by atoms with Gasteiger partial charge in [0.05, 0.1) is 6.54 Å². The molecule has 0 fully saturated rings. The van der Waals surface area contributed by atoms with E-state index in [0.29, 0.717) is 11.1 Å². The van der Waals surface area contributed by atoms with Gasteiger partial charge in [-0.3, -0.25) is 9.59 Å². The SMILES string of the molecule is CC(=O)CNC(=O)c1ccc(F)cc1C. The van der Waals surface area contributed by atoms with E-state index in [1.165, 1.54) is 25.1 Å². The van der Waals surface area contributed by atoms with E-state index in [2.05, 4.69) is 5.32 Å². The molecule has 1 aromatic rings. The largest absolute Gasteiger partial charge is 0.345 e. The monoisotopic (exact) mass is 209 g/mol. The second kappa shape index (κ2) is 4.68. The van der Waals surface area contributed by atoms with Crippen molar-refractivity contribution in [1.82, 2.24) is 5.32 Å². The van der Waals surface area contributed by atoms with Crippen molar-refractivity contribution in [2.75, 3.05) is 6.54 Å². The number of amides is 1. The molecule has 0 aliphatic carbocycles. The van der Waals surface area contributed by atoms with Crippen LogP contribution in [0.25, 0.3) is 0 Å². The van der Waals surface area contributed by atoms with E-state index in [0.717, 1.165) is 0 Å². The van der Waals surface area contributed by atoms with E-state index in [9.17, 15) is 14.0 Å². The molecule has 0 aliphatic heterocycles. The van der Waals surface area contributed by atoms with Gasteiger partial charge in [-0.05, 0) is 37.6 Å². The molecule has 0 unspecified atom stereocenters. The van der Waals surface area contributed by atoms with Crippen LogP contribution in [-0.2, 0) is 4.79 Å². The van der Waals surface area contributed by atoms with Crippen molar-refractivity contribution in [3.05, 3.63) is 35.1 Å². The lowest BCUT2D eigenvalue weighted by atomic mass is 10.1. The molecule has 4 heteroatoms. The zero-order valence-electron chi connectivity index (χ0n) is 8.63. The first-order valence-electron chi connectivity index (χ1n) is 4.54. The fraction of sp³-hybridized carbons (Fsp3) is 0.273. The van der Waals surface area contributed by atoms with Crippen LogP contribution in [-0.4, -0.2) is 18.2 Å². The number of rotatable bonds is 3. The molecule has 0 aromatic heterocycles. The summed E-state index contributed by atoms with van der Waals surface area (Å²) >= 11 is 0. The minimum atomic E-state index is -0.379. The third-order valence-corrected chi connectivity index (χ3v) is 1.93. The van der Waals surface area contributed by atoms with Crippen molar-refractivity contribution >= 4 is 11.7 Å². The Morgan fingerprint density at radius 2 is 2.07 bits per heavy atom. The molecule has 0 bridgehead atoms. The topological polar surface area (TPSA) is 46.2 Å². The Morgan fingerprint density at radius 1 is 1.40 bits per heavy atom. The lowest BCUT2D eigenvalue weighted by molar-refractivity contribution is -0.116. The van der Waals surface area contributed by atoms with E-state index in [1.807, 2.05) is 0 Å². The number of carbonyl (C=O) groups excluding carboxylic acids is 2. The van der Waals surface area contributed by atoms with Crippen LogP contribution in [0.1, 0.15) is 22.8 Å². The number of hydrogen-bond donors (Lipinski definition) is 1. The van der Waals surface area contributed by atoms with Crippen molar-refractivity contribution < 1.29 is 14.0 Å². The minimum absolute atomic E-state index is 0.00432. The summed E-state index contributed by atoms with van der Waals surface area (Å²) in [5.41, 5.74) is 0.939. The number of nitrogens with one attached hydrogen (secondary N) is 1. The highest BCUT2D eigenvalue weighted by molar-refractivity contribution is 5.97. The van der Waals surface area contributed by atoms with Crippen LogP contribution in [0.15, 0.2) is 18.2 Å². The Kier molecular flexibility index (Phi) is 3.55. The standard InChI is InChI=1S/C11H12FNO2/c1-7-5-9(12)3-4-10(7)11(15)13-6-8(2)14/h3-5H,6H2,1-2H3,(H,13,15). The van der Waals surface area contributed by atoms with E-state index >= 15 is 0 Å². The fourth-order valence-electron chi connectivity index (χ4n) is 1.18. The minimum Gasteiger partial charge on any atom is -0.345 e. The lowest BCUT2D eigenvalue weighted by Gasteiger charge is -2.05. The fourth-order valence-corrected chi connectivity index (χ4v) is 1.18. The Labute approximate surface area is 87.3 Å². The van der Waals surface area contributed by atoms with Gasteiger partial charge in [0.2, 0.25) is 0 Å². The maximum atomic E-state index is 12.7. The molecule has 0 atom stereocenters. The average molecular weight is 209 g/mol. The highest BCUT2D eigenvalue weighted by Crippen LogP contribution is 2.09. The van der Waals surface area contributed by atoms with Gasteiger partial charge >= 0.3 is 0 Å². The first-order valence-corrected chi connectivity index (χ1v) is 4.54. The first kappa shape index (κ1) is 11.4. The zero-order chi connectivity index (χ0) is 11.4. The van der Waals surface area contributed by atoms with Gasteiger partial charge in [-0.1, -0.05) is 0 Å². The molecule has 15 heavy (non-hydrogen) atoms. The van der Waals surface area contributed by atoms with Gasteiger partial charge in [0.15, 0.2) is 0 Å². The van der Waals surface area contributed by atoms with Crippen LogP contribution < -0.4 is 5.32 Å². The predicted octanol–water partition coefficient (Wildman–Crippen LogP) is 1.45. The number of hydrogen-bond acceptors (Lipinski definition) is 2. The molecule has 1 N–H and O–H groups in total. The number of aryl methyl sites for hydroxylation is 1. The maximum Gasteiger partial charge on any atom is 0.251 e. The second-order valence-electron chi connectivity index (χ2n) is 3.34. The zero-order valence-corrected chi connectivity index (χ0v) is 8.63. The lowest BCUT2D eigenvalue weighted by Crippen LogP contribution is -2.28. The van der Waals surface area contributed by atoms with Crippen molar-refractivity contribution in [3.8, 4) is 0 Å². The number of Topliss-reactive ketones (excluding diaryl/α,β-unsaturated/α-hetero) is 1. The highest BCUT2D eigenvalue weighted by atomic mass is 19.1. The highest BCUT2D eigenvalue weighted by Gasteiger charge is 2.09. The quantitative estimate of drug-likeness (QED) is 0.819. The van der Waals surface area contributed by atoms with Gasteiger partial charge < -0.3 is 5.32 Å². The number of ketones is 1. The van der Waals surface area contributed by atoms with E-state index < -0.39 is 0 Å². The molecule has 0 saturated heterocycles. The summed E-state index contributed by atoms with van der Waals surface area (Å²) in [5.74, 6) is -0.860. The Hall–Kier alpha value is -1.71. The summed E-state index contributed by atoms with van der Waals surface area (Å²) < 4.78 is 12.7. The van der Waals surface area contributed by atoms with Gasteiger partial charge in [-0.25, -0.2) is 4.39 Å². The van der Waals surface area contributed by atoms with Crippen LogP contribution in [0.3, 0.4) is 0 Å². The number of benzene rings is 1. The second-order valence-corrected chi connectivity index (χ2v) is 3.34. The Morgan fingerprint density at radius 3 is 2.60 bits per heavy atom. The molecular formula is C11H12FNO2. The smallest absolute Gasteiger partial charge is 0.251 e. The Balaban J connectivity index is 2.78. The molecule has 0 radical (unpaired) electrons. The first-order chi connectivity index (χ1) is 7.00. The summed E-state index contributed by atoms with van der Waals surface area (Å²) in [6, 6.07) is 3.90. The van der Waals surface area contributed by atoms with Crippen LogP contribution in [0, 0.1) is 12.7 Å². The van der Waals surface area contributed by atoms with Crippen LogP contribution in [0.5, 0.6) is 0 Å². The summed E-state index contributed by atoms with van der Waals surface area (Å²) in [5, 5.41) is 2.45. The molecule has 1 rings (SSSR count). The number of carbonyl (C=O) groups is 2. The van der Waals surface area contributed by atoms with Crippen molar-refractivity contribution in [1.29, 1.82) is 0 Å². The predicted molar refractivity (Wildman–Crippen MR) is 54.2 cm³/mol. The molecule has 80 valence electrons. The van der Waals surface area contributed by atoms with Crippen LogP contribution >= 0.6 is 0 Å². The Bertz CT molecular complexity index is 402. The van der Waals surface area contributed by atoms with Crippen molar-refractivity contribution in [3.63, 3.8) is 0 Å². The third kappa shape index (κ3) is 3.16. The van der Waals surface area contributed by atoms with Gasteiger partial charge in [0.25, 0.3) is 5.91 Å². The van der Waals surface area contributed by atoms with Gasteiger partial charge in [-0.15, -0.1) is 0 Å². The molecular weight excluding hydrogens is 197 g/mol. The summed E-state index contributed by atoms with van der Waals surface area (Å²) in [4.78, 5) is 22.1. The molecule has 0 aliphatic rings. The normalized spacial score (nSPS) is 9.80.